The van der Waals surface area contributed by atoms with Crippen LogP contribution in [0, 0.1) is 0 Å². The van der Waals surface area contributed by atoms with Gasteiger partial charge < -0.3 is 0 Å². The highest BCUT2D eigenvalue weighted by atomic mass is 15.0. The van der Waals surface area contributed by atoms with Crippen molar-refractivity contribution in [1.29, 1.82) is 0 Å². The van der Waals surface area contributed by atoms with Gasteiger partial charge in [0.2, 0.25) is 0 Å². The summed E-state index contributed by atoms with van der Waals surface area (Å²) in [4.78, 5) is 20.1. The first-order valence-electron chi connectivity index (χ1n) is 18.1. The zero-order chi connectivity index (χ0) is 36.1. The van der Waals surface area contributed by atoms with Gasteiger partial charge in [-0.3, -0.25) is 0 Å². The predicted octanol–water partition coefficient (Wildman–Crippen LogP) is 12.6. The lowest BCUT2D eigenvalue weighted by Gasteiger charge is -2.13. The molecule has 2 heterocycles. The molecule has 0 unspecified atom stereocenters. The topological polar surface area (TPSA) is 51.6 Å². The molecule has 254 valence electrons. The minimum Gasteiger partial charge on any atom is -0.248 e. The molecule has 9 aromatic rings. The van der Waals surface area contributed by atoms with Crippen LogP contribution in [0.25, 0.3) is 90.1 Å². The summed E-state index contributed by atoms with van der Waals surface area (Å²) < 4.78 is 0. The number of hydrogen-bond acceptors (Lipinski definition) is 4. The number of aromatic nitrogens is 4. The summed E-state index contributed by atoms with van der Waals surface area (Å²) in [6, 6.07) is 71.2. The van der Waals surface area contributed by atoms with E-state index in [9.17, 15) is 0 Å². The van der Waals surface area contributed by atoms with Gasteiger partial charge >= 0.3 is 0 Å². The monoisotopic (exact) mass is 690 g/mol. The third-order valence-electron chi connectivity index (χ3n) is 9.55. The number of pyridine rings is 1. The highest BCUT2D eigenvalue weighted by Crippen LogP contribution is 2.35. The van der Waals surface area contributed by atoms with Crippen molar-refractivity contribution in [3.63, 3.8) is 0 Å². The van der Waals surface area contributed by atoms with Crippen LogP contribution in [0.4, 0.5) is 0 Å². The summed E-state index contributed by atoms with van der Waals surface area (Å²) in [5.74, 6) is 1.88. The molecule has 4 heteroatoms. The van der Waals surface area contributed by atoms with E-state index in [1.807, 2.05) is 84.9 Å². The molecule has 0 fully saturated rings. The molecule has 0 saturated heterocycles. The van der Waals surface area contributed by atoms with Crippen molar-refractivity contribution in [1.82, 2.24) is 19.9 Å². The SMILES string of the molecule is c1ccc(-c2ccc(-c3cc(-c4ccc(-c5cccc(-c6ccccc6)n5)cc4)cc(-c4nc(-c5ccccc5)nc(-c5ccccc5)n4)c3)cc2)cc1. The van der Waals surface area contributed by atoms with Crippen LogP contribution in [-0.4, -0.2) is 19.9 Å². The average molecular weight is 691 g/mol. The quantitative estimate of drug-likeness (QED) is 0.159. The van der Waals surface area contributed by atoms with E-state index in [2.05, 4.69) is 121 Å². The molecule has 7 aromatic carbocycles. The summed E-state index contributed by atoms with van der Waals surface area (Å²) >= 11 is 0. The van der Waals surface area contributed by atoms with Crippen LogP contribution in [0.15, 0.2) is 206 Å². The van der Waals surface area contributed by atoms with Gasteiger partial charge in [0, 0.05) is 27.8 Å². The van der Waals surface area contributed by atoms with Crippen LogP contribution in [-0.2, 0) is 0 Å². The van der Waals surface area contributed by atoms with Crippen molar-refractivity contribution in [3.05, 3.63) is 206 Å². The van der Waals surface area contributed by atoms with Crippen LogP contribution in [0.2, 0.25) is 0 Å². The van der Waals surface area contributed by atoms with Gasteiger partial charge in [-0.15, -0.1) is 0 Å². The highest BCUT2D eigenvalue weighted by Gasteiger charge is 2.15. The first-order valence-corrected chi connectivity index (χ1v) is 18.1. The van der Waals surface area contributed by atoms with E-state index in [1.165, 1.54) is 11.1 Å². The Hall–Kier alpha value is -7.30. The summed E-state index contributed by atoms with van der Waals surface area (Å²) in [5, 5.41) is 0. The molecule has 0 N–H and O–H groups in total. The standard InChI is InChI=1S/C50H34N4/c1-5-14-35(15-6-1)36-24-26-37(27-25-36)43-32-44(38-28-30-40(31-29-38)47-23-13-22-46(51-47)39-16-7-2-8-17-39)34-45(33-43)50-53-48(41-18-9-3-10-19-41)52-49(54-50)42-20-11-4-12-21-42/h1-34H. The van der Waals surface area contributed by atoms with E-state index in [4.69, 9.17) is 19.9 Å². The fourth-order valence-corrected chi connectivity index (χ4v) is 6.71. The molecular weight excluding hydrogens is 657 g/mol. The van der Waals surface area contributed by atoms with Crippen LogP contribution >= 0.6 is 0 Å². The van der Waals surface area contributed by atoms with E-state index in [0.29, 0.717) is 17.5 Å². The Kier molecular flexibility index (Phi) is 8.90. The minimum absolute atomic E-state index is 0.616. The van der Waals surface area contributed by atoms with Crippen molar-refractivity contribution in [2.45, 2.75) is 0 Å². The number of hydrogen-bond donors (Lipinski definition) is 0. The maximum absolute atomic E-state index is 5.08. The normalized spacial score (nSPS) is 11.0. The van der Waals surface area contributed by atoms with Gasteiger partial charge in [0.1, 0.15) is 0 Å². The van der Waals surface area contributed by atoms with E-state index >= 15 is 0 Å². The van der Waals surface area contributed by atoms with Crippen LogP contribution in [0.1, 0.15) is 0 Å². The number of benzene rings is 7. The molecule has 0 aliphatic carbocycles. The molecule has 0 spiro atoms. The van der Waals surface area contributed by atoms with Gasteiger partial charge in [-0.05, 0) is 63.7 Å². The van der Waals surface area contributed by atoms with Crippen LogP contribution < -0.4 is 0 Å². The lowest BCUT2D eigenvalue weighted by molar-refractivity contribution is 1.07. The number of rotatable bonds is 8. The predicted molar refractivity (Wildman–Crippen MR) is 221 cm³/mol. The lowest BCUT2D eigenvalue weighted by atomic mass is 9.94. The molecule has 9 rings (SSSR count). The van der Waals surface area contributed by atoms with Gasteiger partial charge in [-0.2, -0.15) is 0 Å². The van der Waals surface area contributed by atoms with Crippen molar-refractivity contribution in [2.75, 3.05) is 0 Å². The first-order chi connectivity index (χ1) is 26.7. The molecule has 4 nitrogen and oxygen atoms in total. The molecule has 0 bridgehead atoms. The highest BCUT2D eigenvalue weighted by molar-refractivity contribution is 5.82. The summed E-state index contributed by atoms with van der Waals surface area (Å²) in [6.07, 6.45) is 0. The largest absolute Gasteiger partial charge is 0.248 e. The molecule has 0 saturated carbocycles. The lowest BCUT2D eigenvalue weighted by Crippen LogP contribution is -2.00. The second-order valence-electron chi connectivity index (χ2n) is 13.1. The Morgan fingerprint density at radius 3 is 0.926 bits per heavy atom. The Morgan fingerprint density at radius 1 is 0.185 bits per heavy atom. The molecule has 0 aliphatic heterocycles. The van der Waals surface area contributed by atoms with Crippen LogP contribution in [0.5, 0.6) is 0 Å². The molecule has 54 heavy (non-hydrogen) atoms. The van der Waals surface area contributed by atoms with Gasteiger partial charge in [-0.25, -0.2) is 19.9 Å². The van der Waals surface area contributed by atoms with Crippen LogP contribution in [0.3, 0.4) is 0 Å². The Labute approximate surface area is 315 Å². The smallest absolute Gasteiger partial charge is 0.164 e. The Morgan fingerprint density at radius 2 is 0.481 bits per heavy atom. The molecule has 0 aliphatic rings. The third-order valence-corrected chi connectivity index (χ3v) is 9.55. The average Bonchev–Trinajstić information content (AvgIpc) is 3.27. The third kappa shape index (κ3) is 6.97. The van der Waals surface area contributed by atoms with Crippen molar-refractivity contribution in [2.24, 2.45) is 0 Å². The fourth-order valence-electron chi connectivity index (χ4n) is 6.71. The molecule has 2 aromatic heterocycles. The maximum atomic E-state index is 5.08. The Balaban J connectivity index is 1.16. The zero-order valence-electron chi connectivity index (χ0n) is 29.4. The van der Waals surface area contributed by atoms with Crippen molar-refractivity contribution in [3.8, 4) is 90.1 Å². The first kappa shape index (κ1) is 32.6. The van der Waals surface area contributed by atoms with E-state index in [1.54, 1.807) is 0 Å². The van der Waals surface area contributed by atoms with Gasteiger partial charge in [0.15, 0.2) is 17.5 Å². The van der Waals surface area contributed by atoms with E-state index < -0.39 is 0 Å². The molecule has 0 amide bonds. The van der Waals surface area contributed by atoms with Gasteiger partial charge in [0.05, 0.1) is 11.4 Å². The molecule has 0 atom stereocenters. The minimum atomic E-state index is 0.616. The van der Waals surface area contributed by atoms with E-state index in [0.717, 1.165) is 61.5 Å². The summed E-state index contributed by atoms with van der Waals surface area (Å²) in [7, 11) is 0. The summed E-state index contributed by atoms with van der Waals surface area (Å²) in [5.41, 5.74) is 13.5. The summed E-state index contributed by atoms with van der Waals surface area (Å²) in [6.45, 7) is 0. The zero-order valence-corrected chi connectivity index (χ0v) is 29.4. The number of nitrogens with zero attached hydrogens (tertiary/aromatic N) is 4. The molecule has 0 radical (unpaired) electrons. The fraction of sp³-hybridized carbons (Fsp3) is 0. The van der Waals surface area contributed by atoms with E-state index in [-0.39, 0.29) is 0 Å². The van der Waals surface area contributed by atoms with Gasteiger partial charge in [-0.1, -0.05) is 176 Å². The second-order valence-corrected chi connectivity index (χ2v) is 13.1. The Bertz CT molecular complexity index is 2600. The van der Waals surface area contributed by atoms with Gasteiger partial charge in [0.25, 0.3) is 0 Å². The van der Waals surface area contributed by atoms with Crippen molar-refractivity contribution < 1.29 is 0 Å². The molecular formula is C50H34N4. The second kappa shape index (κ2) is 14.7. The van der Waals surface area contributed by atoms with Crippen molar-refractivity contribution >= 4 is 0 Å². The maximum Gasteiger partial charge on any atom is 0.164 e.